The van der Waals surface area contributed by atoms with Crippen molar-refractivity contribution in [3.63, 3.8) is 0 Å². The molecule has 0 aromatic carbocycles. The molecule has 0 spiro atoms. The van der Waals surface area contributed by atoms with Gasteiger partial charge in [0.2, 0.25) is 0 Å². The predicted octanol–water partition coefficient (Wildman–Crippen LogP) is 1.71. The molecule has 0 saturated carbocycles. The largest absolute Gasteiger partial charge is 0.445 e. The molecule has 5 heteroatoms. The van der Waals surface area contributed by atoms with Crippen molar-refractivity contribution < 1.29 is 19.1 Å². The molecule has 1 unspecified atom stereocenters. The Bertz CT molecular complexity index is 314. The van der Waals surface area contributed by atoms with Gasteiger partial charge in [0, 0.05) is 13.1 Å². The summed E-state index contributed by atoms with van der Waals surface area (Å²) >= 11 is 0. The van der Waals surface area contributed by atoms with E-state index in [-0.39, 0.29) is 18.5 Å². The van der Waals surface area contributed by atoms with Gasteiger partial charge in [0.1, 0.15) is 6.61 Å². The quantitative estimate of drug-likeness (QED) is 0.426. The van der Waals surface area contributed by atoms with Gasteiger partial charge in [-0.15, -0.1) is 0 Å². The fraction of sp³-hybridized carbons (Fsp3) is 0.500. The highest BCUT2D eigenvalue weighted by atomic mass is 16.6. The molecule has 5 nitrogen and oxygen atoms in total. The summed E-state index contributed by atoms with van der Waals surface area (Å²) in [5.41, 5.74) is 0. The standard InChI is InChI=1S/C12H17NO4/c1-3-8-17-12(15)13-7-5-6-10(9-13)11(14)16-4-2/h3-4,10H,1-2,5-9H2. The van der Waals surface area contributed by atoms with Crippen LogP contribution >= 0.6 is 0 Å². The summed E-state index contributed by atoms with van der Waals surface area (Å²) in [5.74, 6) is -0.640. The second-order valence-corrected chi connectivity index (χ2v) is 3.75. The Morgan fingerprint density at radius 1 is 1.41 bits per heavy atom. The van der Waals surface area contributed by atoms with Crippen molar-refractivity contribution in [2.24, 2.45) is 5.92 Å². The second kappa shape index (κ2) is 6.73. The molecule has 0 N–H and O–H groups in total. The van der Waals surface area contributed by atoms with E-state index in [0.29, 0.717) is 13.1 Å². The van der Waals surface area contributed by atoms with Crippen LogP contribution in [0.2, 0.25) is 0 Å². The van der Waals surface area contributed by atoms with Crippen molar-refractivity contribution in [2.45, 2.75) is 12.8 Å². The van der Waals surface area contributed by atoms with Gasteiger partial charge in [-0.05, 0) is 12.8 Å². The molecule has 1 fully saturated rings. The molecule has 1 atom stereocenters. The lowest BCUT2D eigenvalue weighted by Crippen LogP contribution is -2.42. The fourth-order valence-corrected chi connectivity index (χ4v) is 1.74. The van der Waals surface area contributed by atoms with Gasteiger partial charge in [-0.25, -0.2) is 4.79 Å². The van der Waals surface area contributed by atoms with E-state index in [2.05, 4.69) is 13.2 Å². The van der Waals surface area contributed by atoms with Crippen LogP contribution in [0.1, 0.15) is 12.8 Å². The highest BCUT2D eigenvalue weighted by Crippen LogP contribution is 2.18. The molecule has 1 saturated heterocycles. The van der Waals surface area contributed by atoms with Crippen LogP contribution in [0.5, 0.6) is 0 Å². The Kier molecular flexibility index (Phi) is 5.26. The first-order chi connectivity index (χ1) is 8.19. The van der Waals surface area contributed by atoms with Crippen LogP contribution < -0.4 is 0 Å². The molecule has 17 heavy (non-hydrogen) atoms. The molecule has 0 aliphatic carbocycles. The first-order valence-electron chi connectivity index (χ1n) is 5.53. The molecular weight excluding hydrogens is 222 g/mol. The minimum atomic E-state index is -0.416. The molecule has 1 amide bonds. The van der Waals surface area contributed by atoms with Gasteiger partial charge in [0.15, 0.2) is 0 Å². The Hall–Kier alpha value is -1.78. The van der Waals surface area contributed by atoms with Crippen molar-refractivity contribution in [2.75, 3.05) is 19.7 Å². The number of ether oxygens (including phenoxy) is 2. The number of carbonyl (C=O) groups excluding carboxylic acids is 2. The lowest BCUT2D eigenvalue weighted by molar-refractivity contribution is -0.144. The highest BCUT2D eigenvalue weighted by Gasteiger charge is 2.29. The topological polar surface area (TPSA) is 55.8 Å². The number of esters is 1. The third-order valence-corrected chi connectivity index (χ3v) is 2.54. The first-order valence-corrected chi connectivity index (χ1v) is 5.53. The Morgan fingerprint density at radius 2 is 2.18 bits per heavy atom. The van der Waals surface area contributed by atoms with Crippen LogP contribution in [0, 0.1) is 5.92 Å². The normalized spacial score (nSPS) is 19.3. The molecule has 0 radical (unpaired) electrons. The van der Waals surface area contributed by atoms with Crippen molar-refractivity contribution >= 4 is 12.1 Å². The third kappa shape index (κ3) is 3.94. The van der Waals surface area contributed by atoms with E-state index in [1.54, 1.807) is 0 Å². The molecule has 0 bridgehead atoms. The maximum atomic E-state index is 11.6. The molecule has 0 aromatic heterocycles. The molecular formula is C12H17NO4. The summed E-state index contributed by atoms with van der Waals surface area (Å²) in [5, 5.41) is 0. The average molecular weight is 239 g/mol. The summed E-state index contributed by atoms with van der Waals surface area (Å²) in [4.78, 5) is 24.6. The summed E-state index contributed by atoms with van der Waals surface area (Å²) in [6.07, 6.45) is 3.68. The lowest BCUT2D eigenvalue weighted by Gasteiger charge is -2.30. The number of hydrogen-bond donors (Lipinski definition) is 0. The minimum Gasteiger partial charge on any atom is -0.445 e. The number of carbonyl (C=O) groups is 2. The zero-order valence-electron chi connectivity index (χ0n) is 9.76. The smallest absolute Gasteiger partial charge is 0.410 e. The fourth-order valence-electron chi connectivity index (χ4n) is 1.74. The monoisotopic (exact) mass is 239 g/mol. The predicted molar refractivity (Wildman–Crippen MR) is 62.1 cm³/mol. The van der Waals surface area contributed by atoms with Crippen molar-refractivity contribution in [1.82, 2.24) is 4.90 Å². The number of piperidine rings is 1. The number of hydrogen-bond acceptors (Lipinski definition) is 4. The SMILES string of the molecule is C=CCOC(=O)N1CCCC(C(=O)OC=C)C1. The maximum absolute atomic E-state index is 11.6. The first kappa shape index (κ1) is 13.3. The van der Waals surface area contributed by atoms with E-state index in [4.69, 9.17) is 9.47 Å². The summed E-state index contributed by atoms with van der Waals surface area (Å²) in [6.45, 7) is 7.91. The molecule has 1 aliphatic heterocycles. The number of rotatable bonds is 4. The second-order valence-electron chi connectivity index (χ2n) is 3.75. The van der Waals surface area contributed by atoms with E-state index >= 15 is 0 Å². The number of likely N-dealkylation sites (tertiary alicyclic amines) is 1. The van der Waals surface area contributed by atoms with E-state index in [1.165, 1.54) is 11.0 Å². The van der Waals surface area contributed by atoms with E-state index in [9.17, 15) is 9.59 Å². The van der Waals surface area contributed by atoms with Crippen LogP contribution in [0.15, 0.2) is 25.5 Å². The van der Waals surface area contributed by atoms with Crippen LogP contribution in [0.25, 0.3) is 0 Å². The van der Waals surface area contributed by atoms with Crippen LogP contribution in [-0.4, -0.2) is 36.7 Å². The van der Waals surface area contributed by atoms with Crippen LogP contribution in [-0.2, 0) is 14.3 Å². The molecule has 1 heterocycles. The van der Waals surface area contributed by atoms with Gasteiger partial charge in [-0.1, -0.05) is 19.2 Å². The lowest BCUT2D eigenvalue weighted by atomic mass is 9.99. The zero-order valence-corrected chi connectivity index (χ0v) is 9.76. The van der Waals surface area contributed by atoms with Gasteiger partial charge in [-0.3, -0.25) is 4.79 Å². The van der Waals surface area contributed by atoms with Gasteiger partial charge in [-0.2, -0.15) is 0 Å². The van der Waals surface area contributed by atoms with Crippen LogP contribution in [0.4, 0.5) is 4.79 Å². The van der Waals surface area contributed by atoms with Crippen molar-refractivity contribution in [3.8, 4) is 0 Å². The minimum absolute atomic E-state index is 0.178. The Balaban J connectivity index is 2.47. The van der Waals surface area contributed by atoms with E-state index in [1.807, 2.05) is 0 Å². The zero-order chi connectivity index (χ0) is 12.7. The Morgan fingerprint density at radius 3 is 2.82 bits per heavy atom. The maximum Gasteiger partial charge on any atom is 0.410 e. The van der Waals surface area contributed by atoms with E-state index in [0.717, 1.165) is 19.1 Å². The molecule has 0 aromatic rings. The molecule has 1 aliphatic rings. The highest BCUT2D eigenvalue weighted by molar-refractivity contribution is 5.75. The summed E-state index contributed by atoms with van der Waals surface area (Å²) < 4.78 is 9.64. The van der Waals surface area contributed by atoms with Gasteiger partial charge >= 0.3 is 12.1 Å². The number of amides is 1. The van der Waals surface area contributed by atoms with Crippen molar-refractivity contribution in [1.29, 1.82) is 0 Å². The molecule has 94 valence electrons. The van der Waals surface area contributed by atoms with E-state index < -0.39 is 6.09 Å². The Labute approximate surface area is 101 Å². The van der Waals surface area contributed by atoms with Gasteiger partial charge in [0.25, 0.3) is 0 Å². The van der Waals surface area contributed by atoms with Gasteiger partial charge in [0.05, 0.1) is 12.2 Å². The van der Waals surface area contributed by atoms with Crippen LogP contribution in [0.3, 0.4) is 0 Å². The average Bonchev–Trinajstić information content (AvgIpc) is 2.36. The molecule has 1 rings (SSSR count). The van der Waals surface area contributed by atoms with Gasteiger partial charge < -0.3 is 14.4 Å². The summed E-state index contributed by atoms with van der Waals surface area (Å²) in [6, 6.07) is 0. The number of nitrogens with zero attached hydrogens (tertiary/aromatic N) is 1. The summed E-state index contributed by atoms with van der Waals surface area (Å²) in [7, 11) is 0. The van der Waals surface area contributed by atoms with Crippen molar-refractivity contribution in [3.05, 3.63) is 25.5 Å². The third-order valence-electron chi connectivity index (χ3n) is 2.54.